The molecular formula is C18H26N4O8. The van der Waals surface area contributed by atoms with Crippen molar-refractivity contribution in [2.75, 3.05) is 55.4 Å². The molecule has 12 heteroatoms. The summed E-state index contributed by atoms with van der Waals surface area (Å²) in [5.41, 5.74) is -0.531. The number of nitrogens with one attached hydrogen (secondary N) is 4. The van der Waals surface area contributed by atoms with E-state index in [1.54, 1.807) is 0 Å². The lowest BCUT2D eigenvalue weighted by Crippen LogP contribution is -2.35. The first-order chi connectivity index (χ1) is 14.4. The molecule has 0 atom stereocenters. The van der Waals surface area contributed by atoms with Crippen molar-refractivity contribution >= 4 is 23.6 Å². The lowest BCUT2D eigenvalue weighted by atomic mass is 9.96. The number of amides is 4. The first-order valence-corrected chi connectivity index (χ1v) is 8.67. The Morgan fingerprint density at radius 1 is 0.533 bits per heavy atom. The first kappa shape index (κ1) is 25.0. The molecule has 4 amide bonds. The third kappa shape index (κ3) is 7.08. The van der Waals surface area contributed by atoms with Crippen molar-refractivity contribution in [2.45, 2.75) is 0 Å². The van der Waals surface area contributed by atoms with Crippen LogP contribution in [0, 0.1) is 0 Å². The fraction of sp³-hybridized carbons (Fsp3) is 0.444. The second kappa shape index (κ2) is 13.2. The third-order valence-corrected chi connectivity index (χ3v) is 3.64. The van der Waals surface area contributed by atoms with Crippen LogP contribution in [0.4, 0.5) is 0 Å². The molecule has 0 aromatic heterocycles. The third-order valence-electron chi connectivity index (χ3n) is 3.64. The molecule has 0 fully saturated rings. The summed E-state index contributed by atoms with van der Waals surface area (Å²) in [5.74, 6) is -2.71. The van der Waals surface area contributed by atoms with Crippen LogP contribution in [0.25, 0.3) is 0 Å². The number of ether oxygens (including phenoxy) is 4. The highest BCUT2D eigenvalue weighted by molar-refractivity contribution is 6.14. The summed E-state index contributed by atoms with van der Waals surface area (Å²) in [6.07, 6.45) is 0. The molecule has 0 saturated carbocycles. The summed E-state index contributed by atoms with van der Waals surface area (Å²) < 4.78 is 19.2. The van der Waals surface area contributed by atoms with Crippen molar-refractivity contribution in [2.24, 2.45) is 0 Å². The van der Waals surface area contributed by atoms with E-state index in [-0.39, 0.29) is 49.2 Å². The molecule has 166 valence electrons. The van der Waals surface area contributed by atoms with Gasteiger partial charge in [-0.25, -0.2) is 0 Å². The van der Waals surface area contributed by atoms with Crippen molar-refractivity contribution < 1.29 is 38.1 Å². The van der Waals surface area contributed by atoms with E-state index in [1.807, 2.05) is 0 Å². The number of carbonyl (C=O) groups excluding carboxylic acids is 4. The normalized spacial score (nSPS) is 10.3. The summed E-state index contributed by atoms with van der Waals surface area (Å²) in [6, 6.07) is 2.30. The highest BCUT2D eigenvalue weighted by atomic mass is 16.5. The zero-order chi connectivity index (χ0) is 22.5. The van der Waals surface area contributed by atoms with Gasteiger partial charge in [0.05, 0.1) is 22.3 Å². The average Bonchev–Trinajstić information content (AvgIpc) is 2.76. The molecule has 0 radical (unpaired) electrons. The van der Waals surface area contributed by atoms with Crippen LogP contribution in [-0.2, 0) is 18.9 Å². The van der Waals surface area contributed by atoms with E-state index in [0.717, 1.165) is 12.1 Å². The van der Waals surface area contributed by atoms with Gasteiger partial charge < -0.3 is 40.2 Å². The minimum Gasteiger partial charge on any atom is -0.364 e. The van der Waals surface area contributed by atoms with Crippen LogP contribution in [0.3, 0.4) is 0 Å². The molecule has 1 aromatic rings. The number of methoxy groups -OCH3 is 4. The SMILES string of the molecule is COCNC(=O)c1cc(C(=O)NCOC)c(C(=O)NCOC)cc1C(=O)NCOC. The Morgan fingerprint density at radius 3 is 0.900 bits per heavy atom. The van der Waals surface area contributed by atoms with Crippen molar-refractivity contribution in [3.05, 3.63) is 34.4 Å². The number of carbonyl (C=O) groups is 4. The second-order valence-electron chi connectivity index (χ2n) is 5.70. The lowest BCUT2D eigenvalue weighted by molar-refractivity contribution is 0.0825. The van der Waals surface area contributed by atoms with Gasteiger partial charge in [0.15, 0.2) is 0 Å². The molecule has 0 bridgehead atoms. The molecule has 1 rings (SSSR count). The number of benzene rings is 1. The molecule has 30 heavy (non-hydrogen) atoms. The molecule has 0 aliphatic carbocycles. The van der Waals surface area contributed by atoms with Crippen LogP contribution in [0.5, 0.6) is 0 Å². The van der Waals surface area contributed by atoms with E-state index in [1.165, 1.54) is 28.4 Å². The Balaban J connectivity index is 3.54. The lowest BCUT2D eigenvalue weighted by Gasteiger charge is -2.16. The van der Waals surface area contributed by atoms with Crippen LogP contribution in [0.2, 0.25) is 0 Å². The van der Waals surface area contributed by atoms with Gasteiger partial charge in [0, 0.05) is 28.4 Å². The Hall–Kier alpha value is -3.06. The highest BCUT2D eigenvalue weighted by Crippen LogP contribution is 2.19. The average molecular weight is 426 g/mol. The van der Waals surface area contributed by atoms with Crippen molar-refractivity contribution in [1.82, 2.24) is 21.3 Å². The van der Waals surface area contributed by atoms with Gasteiger partial charge in [-0.05, 0) is 12.1 Å². The van der Waals surface area contributed by atoms with E-state index < -0.39 is 23.6 Å². The van der Waals surface area contributed by atoms with Gasteiger partial charge in [-0.15, -0.1) is 0 Å². The quantitative estimate of drug-likeness (QED) is 0.311. The molecule has 0 spiro atoms. The predicted molar refractivity (Wildman–Crippen MR) is 104 cm³/mol. The monoisotopic (exact) mass is 426 g/mol. The van der Waals surface area contributed by atoms with E-state index >= 15 is 0 Å². The molecule has 12 nitrogen and oxygen atoms in total. The Morgan fingerprint density at radius 2 is 0.733 bits per heavy atom. The highest BCUT2D eigenvalue weighted by Gasteiger charge is 2.25. The summed E-state index contributed by atoms with van der Waals surface area (Å²) in [4.78, 5) is 50.3. The Kier molecular flexibility index (Phi) is 11.0. The molecular weight excluding hydrogens is 400 g/mol. The van der Waals surface area contributed by atoms with Crippen molar-refractivity contribution in [3.8, 4) is 0 Å². The fourth-order valence-corrected chi connectivity index (χ4v) is 2.28. The maximum absolute atomic E-state index is 12.6. The first-order valence-electron chi connectivity index (χ1n) is 8.67. The summed E-state index contributed by atoms with van der Waals surface area (Å²) in [6.45, 7) is -0.503. The molecule has 0 heterocycles. The van der Waals surface area contributed by atoms with E-state index in [2.05, 4.69) is 21.3 Å². The second-order valence-corrected chi connectivity index (χ2v) is 5.70. The van der Waals surface area contributed by atoms with E-state index in [9.17, 15) is 19.2 Å². The largest absolute Gasteiger partial charge is 0.364 e. The van der Waals surface area contributed by atoms with Crippen LogP contribution < -0.4 is 21.3 Å². The van der Waals surface area contributed by atoms with Gasteiger partial charge >= 0.3 is 0 Å². The standard InChI is InChI=1S/C18H26N4O8/c1-27-7-19-15(23)11-5-13(17(25)21-9-29-3)14(18(26)22-10-30-4)6-12(11)16(24)20-8-28-2/h5-6H,7-10H2,1-4H3,(H,19,23)(H,20,24)(H,21,25)(H,22,26). The fourth-order valence-electron chi connectivity index (χ4n) is 2.28. The van der Waals surface area contributed by atoms with Gasteiger partial charge in [-0.3, -0.25) is 19.2 Å². The van der Waals surface area contributed by atoms with Gasteiger partial charge in [0.2, 0.25) is 0 Å². The Labute approximate surface area is 173 Å². The summed E-state index contributed by atoms with van der Waals surface area (Å²) in [7, 11) is 5.50. The topological polar surface area (TPSA) is 153 Å². The maximum atomic E-state index is 12.6. The van der Waals surface area contributed by atoms with Gasteiger partial charge in [0.25, 0.3) is 23.6 Å². The van der Waals surface area contributed by atoms with Gasteiger partial charge in [0.1, 0.15) is 26.9 Å². The maximum Gasteiger partial charge on any atom is 0.253 e. The summed E-state index contributed by atoms with van der Waals surface area (Å²) >= 11 is 0. The minimum atomic E-state index is -0.677. The van der Waals surface area contributed by atoms with Crippen LogP contribution in [-0.4, -0.2) is 79.0 Å². The zero-order valence-corrected chi connectivity index (χ0v) is 17.2. The van der Waals surface area contributed by atoms with Crippen LogP contribution in [0.1, 0.15) is 41.4 Å². The number of hydrogen-bond donors (Lipinski definition) is 4. The smallest absolute Gasteiger partial charge is 0.253 e. The zero-order valence-electron chi connectivity index (χ0n) is 17.2. The van der Waals surface area contributed by atoms with Crippen molar-refractivity contribution in [3.63, 3.8) is 0 Å². The van der Waals surface area contributed by atoms with E-state index in [0.29, 0.717) is 0 Å². The minimum absolute atomic E-state index is 0.126. The van der Waals surface area contributed by atoms with Crippen molar-refractivity contribution in [1.29, 1.82) is 0 Å². The van der Waals surface area contributed by atoms with Crippen LogP contribution >= 0.6 is 0 Å². The Bertz CT molecular complexity index is 647. The molecule has 0 aliphatic rings. The molecule has 1 aromatic carbocycles. The van der Waals surface area contributed by atoms with Gasteiger partial charge in [-0.1, -0.05) is 0 Å². The number of rotatable bonds is 12. The summed E-state index contributed by atoms with van der Waals surface area (Å²) in [5, 5.41) is 9.77. The molecule has 0 aliphatic heterocycles. The molecule has 0 unspecified atom stereocenters. The number of hydrogen-bond acceptors (Lipinski definition) is 8. The molecule has 4 N–H and O–H groups in total. The van der Waals surface area contributed by atoms with Gasteiger partial charge in [-0.2, -0.15) is 0 Å². The van der Waals surface area contributed by atoms with E-state index in [4.69, 9.17) is 18.9 Å². The predicted octanol–water partition coefficient (Wildman–Crippen LogP) is -0.979. The molecule has 0 saturated heterocycles. The van der Waals surface area contributed by atoms with Crippen LogP contribution in [0.15, 0.2) is 12.1 Å².